The maximum atomic E-state index is 12.4. The Kier molecular flexibility index (Phi) is 3.64. The molecule has 2 aromatic rings. The van der Waals surface area contributed by atoms with E-state index < -0.39 is 4.92 Å². The Morgan fingerprint density at radius 3 is 2.52 bits per heavy atom. The molecule has 2 aromatic carbocycles. The van der Waals surface area contributed by atoms with Crippen molar-refractivity contribution in [2.24, 2.45) is 0 Å². The number of fused-ring (bicyclic) bond motifs is 1. The summed E-state index contributed by atoms with van der Waals surface area (Å²) in [6.45, 7) is 4.71. The summed E-state index contributed by atoms with van der Waals surface area (Å²) in [5.74, 6) is -0.0435. The monoisotopic (exact) mass is 310 g/mol. The van der Waals surface area contributed by atoms with Crippen LogP contribution in [0, 0.1) is 10.1 Å². The fourth-order valence-electron chi connectivity index (χ4n) is 3.07. The second-order valence-corrected chi connectivity index (χ2v) is 6.44. The van der Waals surface area contributed by atoms with E-state index in [0.717, 1.165) is 11.3 Å². The first-order chi connectivity index (χ1) is 10.9. The predicted molar refractivity (Wildman–Crippen MR) is 88.7 cm³/mol. The number of nitro groups is 1. The minimum absolute atomic E-state index is 0.0435. The van der Waals surface area contributed by atoms with Crippen LogP contribution in [-0.2, 0) is 6.54 Å². The molecule has 0 aromatic heterocycles. The second kappa shape index (κ2) is 5.50. The molecule has 1 aliphatic heterocycles. The number of carbonyl (C=O) groups excluding carboxylic acids is 1. The van der Waals surface area contributed by atoms with Gasteiger partial charge in [0.1, 0.15) is 0 Å². The highest BCUT2D eigenvalue weighted by atomic mass is 16.6. The van der Waals surface area contributed by atoms with Crippen molar-refractivity contribution in [3.8, 4) is 0 Å². The fourth-order valence-corrected chi connectivity index (χ4v) is 3.07. The molecule has 0 spiro atoms. The first-order valence-corrected chi connectivity index (χ1v) is 7.52. The van der Waals surface area contributed by atoms with E-state index >= 15 is 0 Å². The van der Waals surface area contributed by atoms with Gasteiger partial charge < -0.3 is 4.90 Å². The summed E-state index contributed by atoms with van der Waals surface area (Å²) in [5, 5.41) is 11.0. The Bertz CT molecular complexity index is 769. The van der Waals surface area contributed by atoms with Gasteiger partial charge in [-0.1, -0.05) is 30.3 Å². The van der Waals surface area contributed by atoms with Crippen LogP contribution in [0.1, 0.15) is 36.2 Å². The lowest BCUT2D eigenvalue weighted by atomic mass is 9.85. The predicted octanol–water partition coefficient (Wildman–Crippen LogP) is 3.97. The standard InChI is InChI=1S/C18H18N2O3/c1-18(2)11-17(21)15-10-14(20(22)23)8-9-16(15)19(18)12-13-6-4-3-5-7-13/h3-10H,11-12H2,1-2H3. The molecular formula is C18H18N2O3. The van der Waals surface area contributed by atoms with Gasteiger partial charge in [0.15, 0.2) is 5.78 Å². The lowest BCUT2D eigenvalue weighted by Crippen LogP contribution is -2.48. The number of hydrogen-bond donors (Lipinski definition) is 0. The summed E-state index contributed by atoms with van der Waals surface area (Å²) in [6.07, 6.45) is 0.341. The number of anilines is 1. The zero-order chi connectivity index (χ0) is 16.6. The maximum Gasteiger partial charge on any atom is 0.270 e. The quantitative estimate of drug-likeness (QED) is 0.635. The molecule has 0 N–H and O–H groups in total. The molecule has 0 atom stereocenters. The second-order valence-electron chi connectivity index (χ2n) is 6.44. The number of hydrogen-bond acceptors (Lipinski definition) is 4. The smallest absolute Gasteiger partial charge is 0.270 e. The number of benzene rings is 2. The highest BCUT2D eigenvalue weighted by Gasteiger charge is 2.37. The molecule has 23 heavy (non-hydrogen) atoms. The molecule has 0 amide bonds. The molecule has 5 nitrogen and oxygen atoms in total. The molecular weight excluding hydrogens is 292 g/mol. The third-order valence-electron chi connectivity index (χ3n) is 4.29. The van der Waals surface area contributed by atoms with E-state index in [4.69, 9.17) is 0 Å². The number of ketones is 1. The van der Waals surface area contributed by atoms with E-state index in [2.05, 4.69) is 4.90 Å². The Morgan fingerprint density at radius 1 is 1.17 bits per heavy atom. The molecule has 0 aliphatic carbocycles. The van der Waals surface area contributed by atoms with Crippen molar-refractivity contribution in [3.05, 3.63) is 69.8 Å². The van der Waals surface area contributed by atoms with Gasteiger partial charge in [-0.25, -0.2) is 0 Å². The van der Waals surface area contributed by atoms with Crippen LogP contribution >= 0.6 is 0 Å². The van der Waals surface area contributed by atoms with Crippen LogP contribution in [0.25, 0.3) is 0 Å². The number of rotatable bonds is 3. The SMILES string of the molecule is CC1(C)CC(=O)c2cc([N+](=O)[O-])ccc2N1Cc1ccccc1. The van der Waals surface area contributed by atoms with Crippen LogP contribution in [0.3, 0.4) is 0 Å². The minimum atomic E-state index is -0.463. The van der Waals surface area contributed by atoms with Crippen LogP contribution in [-0.4, -0.2) is 16.2 Å². The molecule has 118 valence electrons. The number of non-ortho nitro benzene ring substituents is 1. The lowest BCUT2D eigenvalue weighted by Gasteiger charge is -2.44. The van der Waals surface area contributed by atoms with Crippen LogP contribution < -0.4 is 4.90 Å². The fraction of sp³-hybridized carbons (Fsp3) is 0.278. The molecule has 0 saturated carbocycles. The minimum Gasteiger partial charge on any atom is -0.361 e. The van der Waals surface area contributed by atoms with E-state index in [0.29, 0.717) is 18.5 Å². The first kappa shape index (κ1) is 15.2. The van der Waals surface area contributed by atoms with Crippen molar-refractivity contribution in [1.29, 1.82) is 0 Å². The largest absolute Gasteiger partial charge is 0.361 e. The van der Waals surface area contributed by atoms with Crippen molar-refractivity contribution < 1.29 is 9.72 Å². The number of nitrogens with zero attached hydrogens (tertiary/aromatic N) is 2. The van der Waals surface area contributed by atoms with Crippen molar-refractivity contribution in [1.82, 2.24) is 0 Å². The number of Topliss-reactive ketones (excluding diaryl/α,β-unsaturated/α-hetero) is 1. The Balaban J connectivity index is 2.06. The Labute approximate surface area is 134 Å². The van der Waals surface area contributed by atoms with E-state index in [1.54, 1.807) is 6.07 Å². The molecule has 0 unspecified atom stereocenters. The summed E-state index contributed by atoms with van der Waals surface area (Å²) >= 11 is 0. The van der Waals surface area contributed by atoms with E-state index in [9.17, 15) is 14.9 Å². The lowest BCUT2D eigenvalue weighted by molar-refractivity contribution is -0.384. The molecule has 0 bridgehead atoms. The zero-order valence-corrected chi connectivity index (χ0v) is 13.2. The third-order valence-corrected chi connectivity index (χ3v) is 4.29. The van der Waals surface area contributed by atoms with Gasteiger partial charge in [-0.05, 0) is 25.5 Å². The zero-order valence-electron chi connectivity index (χ0n) is 13.2. The normalized spacial score (nSPS) is 16.1. The van der Waals surface area contributed by atoms with Crippen molar-refractivity contribution >= 4 is 17.2 Å². The van der Waals surface area contributed by atoms with E-state index in [-0.39, 0.29) is 17.0 Å². The highest BCUT2D eigenvalue weighted by Crippen LogP contribution is 2.39. The summed E-state index contributed by atoms with van der Waals surface area (Å²) < 4.78 is 0. The topological polar surface area (TPSA) is 63.4 Å². The van der Waals surface area contributed by atoms with Gasteiger partial charge in [-0.15, -0.1) is 0 Å². The molecule has 0 radical (unpaired) electrons. The Morgan fingerprint density at radius 2 is 1.87 bits per heavy atom. The van der Waals surface area contributed by atoms with Gasteiger partial charge in [-0.3, -0.25) is 14.9 Å². The van der Waals surface area contributed by atoms with E-state index in [1.807, 2.05) is 44.2 Å². The van der Waals surface area contributed by atoms with Gasteiger partial charge >= 0.3 is 0 Å². The van der Waals surface area contributed by atoms with Crippen molar-refractivity contribution in [3.63, 3.8) is 0 Å². The van der Waals surface area contributed by atoms with Crippen LogP contribution in [0.15, 0.2) is 48.5 Å². The van der Waals surface area contributed by atoms with Gasteiger partial charge in [-0.2, -0.15) is 0 Å². The first-order valence-electron chi connectivity index (χ1n) is 7.52. The number of nitro benzene ring substituents is 1. The average molecular weight is 310 g/mol. The van der Waals surface area contributed by atoms with Gasteiger partial charge in [0.2, 0.25) is 0 Å². The highest BCUT2D eigenvalue weighted by molar-refractivity contribution is 6.04. The molecule has 1 aliphatic rings. The third kappa shape index (κ3) is 2.82. The maximum absolute atomic E-state index is 12.4. The molecule has 3 rings (SSSR count). The molecule has 1 heterocycles. The van der Waals surface area contributed by atoms with Crippen molar-refractivity contribution in [2.75, 3.05) is 4.90 Å². The molecule has 5 heteroatoms. The van der Waals surface area contributed by atoms with Gasteiger partial charge in [0, 0.05) is 41.9 Å². The van der Waals surface area contributed by atoms with Crippen LogP contribution in [0.2, 0.25) is 0 Å². The summed E-state index contributed by atoms with van der Waals surface area (Å²) in [5.41, 5.74) is 1.96. The number of carbonyl (C=O) groups is 1. The van der Waals surface area contributed by atoms with Crippen molar-refractivity contribution in [2.45, 2.75) is 32.4 Å². The van der Waals surface area contributed by atoms with E-state index in [1.165, 1.54) is 12.1 Å². The summed E-state index contributed by atoms with van der Waals surface area (Å²) in [6, 6.07) is 14.6. The summed E-state index contributed by atoms with van der Waals surface area (Å²) in [7, 11) is 0. The van der Waals surface area contributed by atoms with Gasteiger partial charge in [0.05, 0.1) is 4.92 Å². The summed E-state index contributed by atoms with van der Waals surface area (Å²) in [4.78, 5) is 25.1. The molecule has 0 saturated heterocycles. The van der Waals surface area contributed by atoms with Gasteiger partial charge in [0.25, 0.3) is 5.69 Å². The molecule has 0 fully saturated rings. The average Bonchev–Trinajstić information content (AvgIpc) is 2.51. The van der Waals surface area contributed by atoms with Crippen LogP contribution in [0.4, 0.5) is 11.4 Å². The Hall–Kier alpha value is -2.69. The van der Waals surface area contributed by atoms with Crippen LogP contribution in [0.5, 0.6) is 0 Å².